The lowest BCUT2D eigenvalue weighted by atomic mass is 9.89. The molecule has 266 valence electrons. The van der Waals surface area contributed by atoms with E-state index < -0.39 is 0 Å². The molecule has 2 nitrogen and oxygen atoms in total. The van der Waals surface area contributed by atoms with Crippen molar-refractivity contribution in [2.45, 2.75) is 54.4 Å². The van der Waals surface area contributed by atoms with E-state index >= 15 is 0 Å². The number of rotatable bonds is 4. The fourth-order valence-electron chi connectivity index (χ4n) is 9.43. The Bertz CT molecular complexity index is 3060. The number of allylic oxidation sites excluding steroid dienone is 1. The van der Waals surface area contributed by atoms with Gasteiger partial charge in [0.25, 0.3) is 0 Å². The molecule has 1 aliphatic carbocycles. The number of benzene rings is 7. The second-order valence-corrected chi connectivity index (χ2v) is 16.8. The van der Waals surface area contributed by atoms with E-state index in [2.05, 4.69) is 157 Å². The van der Waals surface area contributed by atoms with E-state index in [9.17, 15) is 0 Å². The third kappa shape index (κ3) is 5.60. The minimum atomic E-state index is 0.876. The summed E-state index contributed by atoms with van der Waals surface area (Å²) in [6.07, 6.45) is 8.87. The highest BCUT2D eigenvalue weighted by Crippen LogP contribution is 2.42. The Morgan fingerprint density at radius 2 is 1.07 bits per heavy atom. The number of hydrogen-bond donors (Lipinski definition) is 0. The SMILES string of the molecule is Cc1cc(C)c(-c2ccc3c4ccc(-c5c(C)cc(C)cc5C)cc4c4nc(-c5cccc(-c6ccc7sc8c(c7c6)C=CCC8)c5)cnc4c3c2)c(C)c1. The second-order valence-electron chi connectivity index (χ2n) is 15.7. The van der Waals surface area contributed by atoms with Gasteiger partial charge in [-0.1, -0.05) is 96.1 Å². The molecule has 3 heteroatoms. The van der Waals surface area contributed by atoms with E-state index in [1.807, 2.05) is 17.5 Å². The van der Waals surface area contributed by atoms with Crippen LogP contribution >= 0.6 is 11.3 Å². The molecule has 0 saturated carbocycles. The van der Waals surface area contributed by atoms with Crippen LogP contribution in [0.1, 0.15) is 50.2 Å². The molecular weight excluding hydrogens is 685 g/mol. The molecule has 0 amide bonds. The van der Waals surface area contributed by atoms with Crippen LogP contribution in [0.2, 0.25) is 0 Å². The molecule has 0 N–H and O–H groups in total. The minimum Gasteiger partial charge on any atom is -0.252 e. The van der Waals surface area contributed by atoms with Gasteiger partial charge in [0.05, 0.1) is 22.9 Å². The van der Waals surface area contributed by atoms with Gasteiger partial charge in [-0.15, -0.1) is 11.3 Å². The van der Waals surface area contributed by atoms with Gasteiger partial charge >= 0.3 is 0 Å². The Morgan fingerprint density at radius 3 is 1.73 bits per heavy atom. The standard InChI is InChI=1S/C52H42N2S/c1-29-20-31(3)49(32(4)21-29)38-14-17-40-41-18-15-39(50-33(5)22-30(2)23-34(50)6)27-45(41)52-51(44(40)26-38)53-28-46(54-52)37-11-9-10-35(24-37)36-16-19-48-43(25-36)42-12-7-8-13-47(42)55-48/h7,9-12,14-28H,8,13H2,1-6H3. The summed E-state index contributed by atoms with van der Waals surface area (Å²) in [6, 6.07) is 38.8. The molecule has 7 aromatic carbocycles. The topological polar surface area (TPSA) is 25.8 Å². The fourth-order valence-corrected chi connectivity index (χ4v) is 10.6. The van der Waals surface area contributed by atoms with Crippen LogP contribution in [0.3, 0.4) is 0 Å². The maximum absolute atomic E-state index is 5.53. The lowest BCUT2D eigenvalue weighted by Gasteiger charge is -2.17. The Hall–Kier alpha value is -5.90. The maximum Gasteiger partial charge on any atom is 0.0979 e. The molecule has 10 rings (SSSR count). The van der Waals surface area contributed by atoms with Gasteiger partial charge in [0.2, 0.25) is 0 Å². The van der Waals surface area contributed by atoms with E-state index in [0.717, 1.165) is 45.9 Å². The third-order valence-electron chi connectivity index (χ3n) is 11.7. The van der Waals surface area contributed by atoms with Crippen molar-refractivity contribution in [3.05, 3.63) is 159 Å². The molecule has 9 aromatic rings. The van der Waals surface area contributed by atoms with Crippen molar-refractivity contribution in [3.8, 4) is 44.6 Å². The zero-order valence-electron chi connectivity index (χ0n) is 32.3. The summed E-state index contributed by atoms with van der Waals surface area (Å²) >= 11 is 1.94. The second kappa shape index (κ2) is 12.9. The predicted octanol–water partition coefficient (Wildman–Crippen LogP) is 14.6. The minimum absolute atomic E-state index is 0.876. The van der Waals surface area contributed by atoms with Gasteiger partial charge in [-0.2, -0.15) is 0 Å². The van der Waals surface area contributed by atoms with Crippen LogP contribution in [0.15, 0.2) is 115 Å². The fraction of sp³-hybridized carbons (Fsp3) is 0.154. The Morgan fingerprint density at radius 1 is 0.509 bits per heavy atom. The Kier molecular flexibility index (Phi) is 7.87. The van der Waals surface area contributed by atoms with E-state index in [4.69, 9.17) is 9.97 Å². The van der Waals surface area contributed by atoms with Crippen molar-refractivity contribution in [2.24, 2.45) is 0 Å². The first-order valence-electron chi connectivity index (χ1n) is 19.4. The molecule has 0 unspecified atom stereocenters. The number of fused-ring (bicyclic) bond motifs is 9. The first-order valence-corrected chi connectivity index (χ1v) is 20.2. The molecule has 0 radical (unpaired) electrons. The number of hydrogen-bond acceptors (Lipinski definition) is 3. The van der Waals surface area contributed by atoms with E-state index in [1.54, 1.807) is 0 Å². The van der Waals surface area contributed by atoms with Crippen molar-refractivity contribution in [1.82, 2.24) is 9.97 Å². The average Bonchev–Trinajstić information content (AvgIpc) is 3.55. The third-order valence-corrected chi connectivity index (χ3v) is 12.9. The summed E-state index contributed by atoms with van der Waals surface area (Å²) in [5, 5.41) is 6.00. The summed E-state index contributed by atoms with van der Waals surface area (Å²) < 4.78 is 1.36. The monoisotopic (exact) mass is 726 g/mol. The highest BCUT2D eigenvalue weighted by Gasteiger charge is 2.18. The summed E-state index contributed by atoms with van der Waals surface area (Å²) in [7, 11) is 0. The lowest BCUT2D eigenvalue weighted by molar-refractivity contribution is 1.02. The average molecular weight is 727 g/mol. The van der Waals surface area contributed by atoms with Crippen molar-refractivity contribution in [3.63, 3.8) is 0 Å². The first-order chi connectivity index (χ1) is 26.7. The Labute approximate surface area is 326 Å². The van der Waals surface area contributed by atoms with Gasteiger partial charge < -0.3 is 0 Å². The highest BCUT2D eigenvalue weighted by molar-refractivity contribution is 7.19. The van der Waals surface area contributed by atoms with Crippen LogP contribution in [0, 0.1) is 41.5 Å². The number of aryl methyl sites for hydroxylation is 7. The van der Waals surface area contributed by atoms with Crippen LogP contribution in [0.5, 0.6) is 0 Å². The molecule has 55 heavy (non-hydrogen) atoms. The van der Waals surface area contributed by atoms with Crippen LogP contribution in [-0.4, -0.2) is 9.97 Å². The van der Waals surface area contributed by atoms with Crippen LogP contribution in [0.25, 0.3) is 93.4 Å². The van der Waals surface area contributed by atoms with Gasteiger partial charge in [-0.05, 0) is 157 Å². The van der Waals surface area contributed by atoms with Gasteiger partial charge in [0.15, 0.2) is 0 Å². The zero-order valence-corrected chi connectivity index (χ0v) is 33.1. The smallest absolute Gasteiger partial charge is 0.0979 e. The molecular formula is C52H42N2S. The van der Waals surface area contributed by atoms with E-state index in [-0.39, 0.29) is 0 Å². The largest absolute Gasteiger partial charge is 0.252 e. The predicted molar refractivity (Wildman–Crippen MR) is 237 cm³/mol. The highest BCUT2D eigenvalue weighted by atomic mass is 32.1. The molecule has 0 atom stereocenters. The van der Waals surface area contributed by atoms with Gasteiger partial charge in [-0.3, -0.25) is 4.98 Å². The molecule has 1 aliphatic rings. The van der Waals surface area contributed by atoms with Crippen molar-refractivity contribution >= 4 is 60.1 Å². The summed E-state index contributed by atoms with van der Waals surface area (Å²) in [5.74, 6) is 0. The van der Waals surface area contributed by atoms with Gasteiger partial charge in [0.1, 0.15) is 0 Å². The molecule has 2 heterocycles. The number of nitrogens with zero attached hydrogens (tertiary/aromatic N) is 2. The van der Waals surface area contributed by atoms with Gasteiger partial charge in [-0.25, -0.2) is 4.98 Å². The van der Waals surface area contributed by atoms with E-state index in [0.29, 0.717) is 0 Å². The van der Waals surface area contributed by atoms with Gasteiger partial charge in [0, 0.05) is 31.3 Å². The summed E-state index contributed by atoms with van der Waals surface area (Å²) in [6.45, 7) is 13.2. The lowest BCUT2D eigenvalue weighted by Crippen LogP contribution is -1.95. The zero-order chi connectivity index (χ0) is 37.5. The molecule has 0 bridgehead atoms. The van der Waals surface area contributed by atoms with E-state index in [1.165, 1.54) is 98.1 Å². The van der Waals surface area contributed by atoms with Crippen molar-refractivity contribution in [2.75, 3.05) is 0 Å². The summed E-state index contributed by atoms with van der Waals surface area (Å²) in [5.41, 5.74) is 20.3. The molecule has 2 aromatic heterocycles. The number of aromatic nitrogens is 2. The normalized spacial score (nSPS) is 12.7. The molecule has 0 fully saturated rings. The van der Waals surface area contributed by atoms with Crippen molar-refractivity contribution < 1.29 is 0 Å². The molecule has 0 saturated heterocycles. The van der Waals surface area contributed by atoms with Crippen molar-refractivity contribution in [1.29, 1.82) is 0 Å². The maximum atomic E-state index is 5.53. The van der Waals surface area contributed by atoms with Crippen LogP contribution < -0.4 is 0 Å². The van der Waals surface area contributed by atoms with Crippen LogP contribution in [-0.2, 0) is 6.42 Å². The quantitative estimate of drug-likeness (QED) is 0.169. The molecule has 0 spiro atoms. The molecule has 0 aliphatic heterocycles. The first kappa shape index (κ1) is 33.7. The summed E-state index contributed by atoms with van der Waals surface area (Å²) in [4.78, 5) is 12.3. The van der Waals surface area contributed by atoms with Crippen LogP contribution in [0.4, 0.5) is 0 Å². The number of thiophene rings is 1. The Balaban J connectivity index is 1.19.